The third-order valence-electron chi connectivity index (χ3n) is 4.44. The molecule has 0 saturated carbocycles. The van der Waals surface area contributed by atoms with E-state index in [-0.39, 0.29) is 36.5 Å². The fourth-order valence-electron chi connectivity index (χ4n) is 3.08. The quantitative estimate of drug-likeness (QED) is 0.724. The fourth-order valence-corrected chi connectivity index (χ4v) is 3.49. The van der Waals surface area contributed by atoms with Crippen LogP contribution in [-0.2, 0) is 23.8 Å². The summed E-state index contributed by atoms with van der Waals surface area (Å²) in [6.45, 7) is 6.90. The molecular weight excluding hydrogens is 376 g/mol. The lowest BCUT2D eigenvalue weighted by Crippen LogP contribution is -2.50. The van der Waals surface area contributed by atoms with E-state index < -0.39 is 12.2 Å². The molecule has 0 bridgehead atoms. The van der Waals surface area contributed by atoms with Crippen LogP contribution in [0.25, 0.3) is 0 Å². The molecule has 0 spiro atoms. The largest absolute Gasteiger partial charge is 0.463 e. The van der Waals surface area contributed by atoms with E-state index in [1.165, 1.54) is 13.8 Å². The van der Waals surface area contributed by atoms with Crippen molar-refractivity contribution in [2.75, 3.05) is 6.61 Å². The van der Waals surface area contributed by atoms with Gasteiger partial charge in [0.2, 0.25) is 0 Å². The summed E-state index contributed by atoms with van der Waals surface area (Å²) in [6, 6.07) is 7.94. The molecule has 5 nitrogen and oxygen atoms in total. The number of hydrogen-bond donors (Lipinski definition) is 0. The number of carbonyl (C=O) groups is 2. The van der Waals surface area contributed by atoms with Gasteiger partial charge >= 0.3 is 11.9 Å². The molecule has 0 radical (unpaired) electrons. The molecule has 1 aromatic rings. The molecule has 0 amide bonds. The van der Waals surface area contributed by atoms with Crippen molar-refractivity contribution < 1.29 is 23.8 Å². The molecule has 1 heterocycles. The second-order valence-corrected chi connectivity index (χ2v) is 7.16. The first-order chi connectivity index (χ1) is 11.3. The number of benzene rings is 1. The monoisotopic (exact) mass is 398 g/mol. The zero-order valence-corrected chi connectivity index (χ0v) is 15.9. The Morgan fingerprint density at radius 2 is 1.88 bits per heavy atom. The van der Waals surface area contributed by atoms with Crippen molar-refractivity contribution in [3.05, 3.63) is 34.3 Å². The van der Waals surface area contributed by atoms with Crippen molar-refractivity contribution in [1.29, 1.82) is 0 Å². The summed E-state index contributed by atoms with van der Waals surface area (Å²) in [7, 11) is 0. The lowest BCUT2D eigenvalue weighted by atomic mass is 9.79. The Morgan fingerprint density at radius 3 is 2.46 bits per heavy atom. The average molecular weight is 399 g/mol. The molecule has 6 heteroatoms. The van der Waals surface area contributed by atoms with Crippen molar-refractivity contribution in [1.82, 2.24) is 0 Å². The Kier molecular flexibility index (Phi) is 6.40. The number of ether oxygens (including phenoxy) is 3. The van der Waals surface area contributed by atoms with Crippen molar-refractivity contribution in [2.45, 2.75) is 46.0 Å². The van der Waals surface area contributed by atoms with E-state index in [9.17, 15) is 9.59 Å². The Hall–Kier alpha value is -1.40. The summed E-state index contributed by atoms with van der Waals surface area (Å²) in [4.78, 5) is 22.6. The molecule has 0 N–H and O–H groups in total. The predicted molar refractivity (Wildman–Crippen MR) is 92.3 cm³/mol. The van der Waals surface area contributed by atoms with Crippen molar-refractivity contribution >= 4 is 27.9 Å². The van der Waals surface area contributed by atoms with Gasteiger partial charge in [-0.1, -0.05) is 41.9 Å². The van der Waals surface area contributed by atoms with Gasteiger partial charge in [-0.15, -0.1) is 0 Å². The molecule has 1 aliphatic rings. The van der Waals surface area contributed by atoms with E-state index in [2.05, 4.69) is 22.9 Å². The molecular formula is C18H23BrO5. The highest BCUT2D eigenvalue weighted by Crippen LogP contribution is 2.41. The van der Waals surface area contributed by atoms with Crippen LogP contribution in [0.5, 0.6) is 0 Å². The summed E-state index contributed by atoms with van der Waals surface area (Å²) < 4.78 is 17.8. The SMILES string of the molecule is CC(=O)OC[C@H]1O[C@H](c2cccc(Br)c2)[C@@H](C)[C@@H](C)[C@@H]1OC(C)=O. The van der Waals surface area contributed by atoms with E-state index in [4.69, 9.17) is 14.2 Å². The van der Waals surface area contributed by atoms with Crippen LogP contribution in [0.3, 0.4) is 0 Å². The third kappa shape index (κ3) is 4.57. The van der Waals surface area contributed by atoms with Gasteiger partial charge in [-0.3, -0.25) is 9.59 Å². The topological polar surface area (TPSA) is 61.8 Å². The minimum absolute atomic E-state index is 0.0622. The summed E-state index contributed by atoms with van der Waals surface area (Å²) in [5.74, 6) is -0.550. The second kappa shape index (κ2) is 8.12. The molecule has 0 aromatic heterocycles. The lowest BCUT2D eigenvalue weighted by Gasteiger charge is -2.44. The van der Waals surface area contributed by atoms with Gasteiger partial charge in [0.25, 0.3) is 0 Å². The highest BCUT2D eigenvalue weighted by atomic mass is 79.9. The van der Waals surface area contributed by atoms with Crippen molar-refractivity contribution in [3.8, 4) is 0 Å². The van der Waals surface area contributed by atoms with Crippen LogP contribution >= 0.6 is 15.9 Å². The van der Waals surface area contributed by atoms with Gasteiger partial charge in [0.15, 0.2) is 0 Å². The minimum Gasteiger partial charge on any atom is -0.463 e. The number of esters is 2. The van der Waals surface area contributed by atoms with Crippen LogP contribution in [-0.4, -0.2) is 30.8 Å². The van der Waals surface area contributed by atoms with Crippen molar-refractivity contribution in [3.63, 3.8) is 0 Å². The first kappa shape index (κ1) is 18.9. The highest BCUT2D eigenvalue weighted by molar-refractivity contribution is 9.10. The number of rotatable bonds is 4. The smallest absolute Gasteiger partial charge is 0.303 e. The summed E-state index contributed by atoms with van der Waals surface area (Å²) in [5, 5.41) is 0. The fraction of sp³-hybridized carbons (Fsp3) is 0.556. The maximum absolute atomic E-state index is 11.5. The number of hydrogen-bond acceptors (Lipinski definition) is 5. The zero-order chi connectivity index (χ0) is 17.9. The zero-order valence-electron chi connectivity index (χ0n) is 14.3. The van der Waals surface area contributed by atoms with E-state index in [0.717, 1.165) is 10.0 Å². The maximum atomic E-state index is 11.5. The van der Waals surface area contributed by atoms with Crippen LogP contribution in [0.4, 0.5) is 0 Å². The highest BCUT2D eigenvalue weighted by Gasteiger charge is 2.44. The number of carbonyl (C=O) groups excluding carboxylic acids is 2. The molecule has 1 aliphatic heterocycles. The molecule has 24 heavy (non-hydrogen) atoms. The Balaban J connectivity index is 2.26. The second-order valence-electron chi connectivity index (χ2n) is 6.25. The third-order valence-corrected chi connectivity index (χ3v) is 4.94. The van der Waals surface area contributed by atoms with Gasteiger partial charge < -0.3 is 14.2 Å². The van der Waals surface area contributed by atoms with Gasteiger partial charge in [0.05, 0.1) is 6.10 Å². The predicted octanol–water partition coefficient (Wildman–Crippen LogP) is 3.66. The van der Waals surface area contributed by atoms with E-state index in [1.54, 1.807) is 0 Å². The normalized spacial score (nSPS) is 29.8. The Bertz CT molecular complexity index is 603. The molecule has 1 aromatic carbocycles. The first-order valence-corrected chi connectivity index (χ1v) is 8.80. The Morgan fingerprint density at radius 1 is 1.17 bits per heavy atom. The Labute approximate surface area is 150 Å². The maximum Gasteiger partial charge on any atom is 0.303 e. The molecule has 1 saturated heterocycles. The van der Waals surface area contributed by atoms with Crippen molar-refractivity contribution in [2.24, 2.45) is 11.8 Å². The summed E-state index contributed by atoms with van der Waals surface area (Å²) >= 11 is 3.48. The first-order valence-electron chi connectivity index (χ1n) is 8.01. The molecule has 1 fully saturated rings. The molecule has 132 valence electrons. The van der Waals surface area contributed by atoms with Gasteiger partial charge in [0.1, 0.15) is 18.8 Å². The van der Waals surface area contributed by atoms with Gasteiger partial charge in [-0.25, -0.2) is 0 Å². The van der Waals surface area contributed by atoms with Gasteiger partial charge in [-0.2, -0.15) is 0 Å². The van der Waals surface area contributed by atoms with Crippen LogP contribution in [0.2, 0.25) is 0 Å². The average Bonchev–Trinajstić information content (AvgIpc) is 2.50. The summed E-state index contributed by atoms with van der Waals surface area (Å²) in [5.41, 5.74) is 1.04. The molecule has 0 aliphatic carbocycles. The molecule has 0 unspecified atom stereocenters. The van der Waals surface area contributed by atoms with E-state index >= 15 is 0 Å². The van der Waals surface area contributed by atoms with Gasteiger partial charge in [-0.05, 0) is 23.6 Å². The minimum atomic E-state index is -0.493. The van der Waals surface area contributed by atoms with Crippen LogP contribution in [0.15, 0.2) is 28.7 Å². The number of halogens is 1. The van der Waals surface area contributed by atoms with Crippen LogP contribution in [0.1, 0.15) is 39.4 Å². The summed E-state index contributed by atoms with van der Waals surface area (Å²) in [6.07, 6.45) is -1.10. The lowest BCUT2D eigenvalue weighted by molar-refractivity contribution is -0.207. The van der Waals surface area contributed by atoms with Crippen LogP contribution < -0.4 is 0 Å². The van der Waals surface area contributed by atoms with E-state index in [0.29, 0.717) is 0 Å². The molecule has 2 rings (SSSR count). The van der Waals surface area contributed by atoms with Crippen LogP contribution in [0, 0.1) is 11.8 Å². The van der Waals surface area contributed by atoms with Gasteiger partial charge in [0, 0.05) is 24.2 Å². The van der Waals surface area contributed by atoms with E-state index in [1.807, 2.05) is 31.2 Å². The molecule has 5 atom stereocenters. The standard InChI is InChI=1S/C18H23BrO5/c1-10-11(2)18(23-13(4)21)16(9-22-12(3)20)24-17(10)14-6-5-7-15(19)8-14/h5-8,10-11,16-18H,9H2,1-4H3/t10-,11+,16+,17-,18-/m0/s1.